The molecule has 0 aliphatic rings. The maximum atomic E-state index is 12.1. The minimum absolute atomic E-state index is 0.0287. The van der Waals surface area contributed by atoms with Crippen molar-refractivity contribution < 1.29 is 18.1 Å². The van der Waals surface area contributed by atoms with Gasteiger partial charge in [-0.1, -0.05) is 11.6 Å². The van der Waals surface area contributed by atoms with Crippen molar-refractivity contribution in [3.8, 4) is 0 Å². The highest BCUT2D eigenvalue weighted by Gasteiger charge is 2.24. The van der Waals surface area contributed by atoms with Gasteiger partial charge in [0.05, 0.1) is 4.92 Å². The molecule has 0 fully saturated rings. The fraction of sp³-hybridized carbons (Fsp3) is 0.0714. The number of benzene rings is 2. The summed E-state index contributed by atoms with van der Waals surface area (Å²) in [5.41, 5.74) is -0.218. The van der Waals surface area contributed by atoms with Gasteiger partial charge in [-0.25, -0.2) is 8.42 Å². The maximum Gasteiger partial charge on any atom is 0.288 e. The van der Waals surface area contributed by atoms with E-state index in [0.29, 0.717) is 10.7 Å². The molecule has 0 bridgehead atoms. The third kappa shape index (κ3) is 4.05. The van der Waals surface area contributed by atoms with E-state index in [9.17, 15) is 23.3 Å². The van der Waals surface area contributed by atoms with Crippen LogP contribution in [0, 0.1) is 10.1 Å². The Labute approximate surface area is 137 Å². The molecule has 0 radical (unpaired) electrons. The second-order valence-electron chi connectivity index (χ2n) is 4.67. The molecule has 0 saturated carbocycles. The zero-order chi connectivity index (χ0) is 17.2. The lowest BCUT2D eigenvalue weighted by Gasteiger charge is -2.07. The van der Waals surface area contributed by atoms with Crippen LogP contribution in [0.2, 0.25) is 5.02 Å². The van der Waals surface area contributed by atoms with E-state index >= 15 is 0 Å². The molecule has 120 valence electrons. The van der Waals surface area contributed by atoms with Crippen LogP contribution in [-0.4, -0.2) is 25.5 Å². The summed E-state index contributed by atoms with van der Waals surface area (Å²) < 4.78 is 23.1. The van der Waals surface area contributed by atoms with Crippen LogP contribution in [0.5, 0.6) is 0 Å². The van der Waals surface area contributed by atoms with Gasteiger partial charge in [0.15, 0.2) is 9.84 Å². The van der Waals surface area contributed by atoms with Crippen molar-refractivity contribution in [2.24, 2.45) is 0 Å². The van der Waals surface area contributed by atoms with Crippen LogP contribution in [0.4, 0.5) is 11.4 Å². The molecule has 1 amide bonds. The monoisotopic (exact) mass is 354 g/mol. The second-order valence-corrected chi connectivity index (χ2v) is 7.09. The molecule has 2 aromatic rings. The van der Waals surface area contributed by atoms with Crippen LogP contribution in [0.25, 0.3) is 0 Å². The number of nitro groups is 1. The fourth-order valence-electron chi connectivity index (χ4n) is 1.85. The van der Waals surface area contributed by atoms with Crippen LogP contribution in [0.15, 0.2) is 47.4 Å². The number of rotatable bonds is 4. The summed E-state index contributed by atoms with van der Waals surface area (Å²) in [6.45, 7) is 0. The molecule has 0 unspecified atom stereocenters. The number of nitrogens with one attached hydrogen (secondary N) is 1. The number of halogens is 1. The first-order valence-electron chi connectivity index (χ1n) is 6.24. The lowest BCUT2D eigenvalue weighted by Crippen LogP contribution is -2.13. The highest BCUT2D eigenvalue weighted by molar-refractivity contribution is 7.90. The first-order chi connectivity index (χ1) is 10.7. The molecular formula is C14H11ClN2O5S. The largest absolute Gasteiger partial charge is 0.322 e. The maximum absolute atomic E-state index is 12.1. The van der Waals surface area contributed by atoms with Crippen molar-refractivity contribution in [3.63, 3.8) is 0 Å². The number of hydrogen-bond donors (Lipinski definition) is 1. The smallest absolute Gasteiger partial charge is 0.288 e. The minimum atomic E-state index is -3.77. The van der Waals surface area contributed by atoms with E-state index in [-0.39, 0.29) is 5.56 Å². The Morgan fingerprint density at radius 1 is 1.17 bits per heavy atom. The molecule has 0 saturated heterocycles. The lowest BCUT2D eigenvalue weighted by molar-refractivity contribution is -0.387. The fourth-order valence-corrected chi connectivity index (χ4v) is 2.81. The normalized spacial score (nSPS) is 11.0. The zero-order valence-corrected chi connectivity index (χ0v) is 13.4. The van der Waals surface area contributed by atoms with Crippen molar-refractivity contribution in [2.45, 2.75) is 4.90 Å². The molecule has 0 aromatic heterocycles. The molecule has 0 atom stereocenters. The van der Waals surface area contributed by atoms with E-state index in [4.69, 9.17) is 11.6 Å². The number of nitrogens with zero attached hydrogens (tertiary/aromatic N) is 1. The molecule has 7 nitrogen and oxygen atoms in total. The standard InChI is InChI=1S/C14H11ClN2O5S/c1-23(21,22)13-7-2-9(8-12(13)17(19)20)14(18)16-11-5-3-10(15)4-6-11/h2-8H,1H3,(H,16,18). The van der Waals surface area contributed by atoms with Gasteiger partial charge in [-0.15, -0.1) is 0 Å². The molecule has 0 heterocycles. The number of amides is 1. The number of nitro benzene ring substituents is 1. The van der Waals surface area contributed by atoms with Gasteiger partial charge >= 0.3 is 0 Å². The van der Waals surface area contributed by atoms with Crippen molar-refractivity contribution in [1.29, 1.82) is 0 Å². The molecule has 2 rings (SSSR count). The molecule has 23 heavy (non-hydrogen) atoms. The summed E-state index contributed by atoms with van der Waals surface area (Å²) in [7, 11) is -3.77. The summed E-state index contributed by atoms with van der Waals surface area (Å²) in [5.74, 6) is -0.601. The van der Waals surface area contributed by atoms with Gasteiger partial charge in [0, 0.05) is 28.6 Å². The van der Waals surface area contributed by atoms with Crippen LogP contribution in [0.3, 0.4) is 0 Å². The van der Waals surface area contributed by atoms with Crippen molar-refractivity contribution in [3.05, 3.63) is 63.2 Å². The summed E-state index contributed by atoms with van der Waals surface area (Å²) in [6, 6.07) is 9.48. The van der Waals surface area contributed by atoms with E-state index in [2.05, 4.69) is 5.32 Å². The Morgan fingerprint density at radius 3 is 2.30 bits per heavy atom. The van der Waals surface area contributed by atoms with Gasteiger partial charge in [-0.3, -0.25) is 14.9 Å². The zero-order valence-electron chi connectivity index (χ0n) is 11.8. The van der Waals surface area contributed by atoms with Gasteiger partial charge in [-0.05, 0) is 36.4 Å². The Bertz CT molecular complexity index is 879. The first kappa shape index (κ1) is 16.9. The van der Waals surface area contributed by atoms with Gasteiger partial charge in [0.25, 0.3) is 11.6 Å². The third-order valence-corrected chi connectivity index (χ3v) is 4.32. The number of hydrogen-bond acceptors (Lipinski definition) is 5. The van der Waals surface area contributed by atoms with Gasteiger partial charge < -0.3 is 5.32 Å². The Morgan fingerprint density at radius 2 is 1.78 bits per heavy atom. The molecule has 2 aromatic carbocycles. The highest BCUT2D eigenvalue weighted by atomic mass is 35.5. The van der Waals surface area contributed by atoms with Crippen molar-refractivity contribution in [2.75, 3.05) is 11.6 Å². The van der Waals surface area contributed by atoms with E-state index in [1.165, 1.54) is 6.07 Å². The van der Waals surface area contributed by atoms with Crippen LogP contribution in [-0.2, 0) is 9.84 Å². The van der Waals surface area contributed by atoms with E-state index < -0.39 is 31.3 Å². The second kappa shape index (κ2) is 6.35. The lowest BCUT2D eigenvalue weighted by atomic mass is 10.2. The minimum Gasteiger partial charge on any atom is -0.322 e. The Kier molecular flexibility index (Phi) is 4.67. The molecular weight excluding hydrogens is 344 g/mol. The van der Waals surface area contributed by atoms with Gasteiger partial charge in [0.1, 0.15) is 4.90 Å². The third-order valence-electron chi connectivity index (χ3n) is 2.92. The highest BCUT2D eigenvalue weighted by Crippen LogP contribution is 2.25. The topological polar surface area (TPSA) is 106 Å². The van der Waals surface area contributed by atoms with Crippen LogP contribution in [0.1, 0.15) is 10.4 Å². The Balaban J connectivity index is 2.36. The SMILES string of the molecule is CS(=O)(=O)c1ccc(C(=O)Nc2ccc(Cl)cc2)cc1[N+](=O)[O-]. The van der Waals surface area contributed by atoms with Crippen LogP contribution < -0.4 is 5.32 Å². The van der Waals surface area contributed by atoms with Crippen molar-refractivity contribution >= 4 is 38.7 Å². The average molecular weight is 355 g/mol. The molecule has 9 heteroatoms. The molecule has 0 aliphatic carbocycles. The van der Waals surface area contributed by atoms with Crippen molar-refractivity contribution in [1.82, 2.24) is 0 Å². The van der Waals surface area contributed by atoms with Gasteiger partial charge in [-0.2, -0.15) is 0 Å². The Hall–Kier alpha value is -2.45. The number of sulfone groups is 1. The van der Waals surface area contributed by atoms with E-state index in [1.807, 2.05) is 0 Å². The van der Waals surface area contributed by atoms with Gasteiger partial charge in [0.2, 0.25) is 0 Å². The number of carbonyl (C=O) groups is 1. The molecule has 1 N–H and O–H groups in total. The molecule has 0 spiro atoms. The number of carbonyl (C=O) groups excluding carboxylic acids is 1. The predicted octanol–water partition coefficient (Wildman–Crippen LogP) is 2.90. The quantitative estimate of drug-likeness (QED) is 0.671. The summed E-state index contributed by atoms with van der Waals surface area (Å²) >= 11 is 5.74. The average Bonchev–Trinajstić information content (AvgIpc) is 2.48. The number of anilines is 1. The summed E-state index contributed by atoms with van der Waals surface area (Å²) in [6.07, 6.45) is 0.864. The molecule has 0 aliphatic heterocycles. The van der Waals surface area contributed by atoms with Crippen LogP contribution >= 0.6 is 11.6 Å². The predicted molar refractivity (Wildman–Crippen MR) is 85.6 cm³/mol. The summed E-state index contributed by atoms with van der Waals surface area (Å²) in [4.78, 5) is 21.9. The van der Waals surface area contributed by atoms with E-state index in [0.717, 1.165) is 18.4 Å². The first-order valence-corrected chi connectivity index (χ1v) is 8.51. The van der Waals surface area contributed by atoms with E-state index in [1.54, 1.807) is 24.3 Å². The summed E-state index contributed by atoms with van der Waals surface area (Å²) in [5, 5.41) is 14.1.